The van der Waals surface area contributed by atoms with Crippen molar-refractivity contribution in [1.82, 2.24) is 0 Å². The van der Waals surface area contributed by atoms with E-state index in [1.165, 1.54) is 0 Å². The van der Waals surface area contributed by atoms with E-state index in [9.17, 15) is 39.3 Å². The molecule has 0 aromatic heterocycles. The zero-order chi connectivity index (χ0) is 55.3. The number of hydrogen-bond acceptors (Lipinski definition) is 11. The normalized spacial score (nSPS) is 16.4. The van der Waals surface area contributed by atoms with Crippen molar-refractivity contribution >= 4 is 29.7 Å². The number of Topliss-reactive ketones (excluding diaryl/α,β-unsaturated/α-hetero) is 1. The Bertz CT molecular complexity index is 1080. The number of aliphatic hydroxyl groups excluding tert-OH is 4. The summed E-state index contributed by atoms with van der Waals surface area (Å²) >= 11 is 0. The van der Waals surface area contributed by atoms with Crippen molar-refractivity contribution in [3.8, 4) is 0 Å². The first-order chi connectivity index (χ1) is 30.8. The summed E-state index contributed by atoms with van der Waals surface area (Å²) in [6.07, 6.45) is 7.76. The Labute approximate surface area is 445 Å². The fraction of sp³-hybridized carbons (Fsp3) is 0.906. The molecule has 0 aliphatic heterocycles. The molecule has 0 radical (unpaired) electrons. The summed E-state index contributed by atoms with van der Waals surface area (Å²) < 4.78 is 0. The third kappa shape index (κ3) is 55.5. The largest absolute Gasteiger partial charge is 1.00 e. The molecule has 0 saturated carbocycles. The van der Waals surface area contributed by atoms with Gasteiger partial charge in [-0.05, 0) is 66.1 Å². The van der Waals surface area contributed by atoms with Crippen LogP contribution in [-0.2, 0) is 24.0 Å². The quantitative estimate of drug-likeness (QED) is 0.0412. The van der Waals surface area contributed by atoms with Crippen LogP contribution in [0.25, 0.3) is 0 Å². The molecular weight excluding hydrogens is 898 g/mol. The van der Waals surface area contributed by atoms with Gasteiger partial charge in [0.1, 0.15) is 11.8 Å². The second-order valence-electron chi connectivity index (χ2n) is 18.4. The first-order valence-electron chi connectivity index (χ1n) is 25.5. The van der Waals surface area contributed by atoms with E-state index in [0.717, 1.165) is 58.5 Å². The summed E-state index contributed by atoms with van der Waals surface area (Å²) in [6.45, 7) is 42.3. The zero-order valence-electron chi connectivity index (χ0n) is 48.6. The van der Waals surface area contributed by atoms with Crippen molar-refractivity contribution in [3.05, 3.63) is 0 Å². The number of carboxylic acids is 4. The van der Waals surface area contributed by atoms with Gasteiger partial charge in [-0.25, -0.2) is 0 Å². The van der Waals surface area contributed by atoms with Gasteiger partial charge in [0.05, 0.1) is 30.7 Å². The molecule has 11 N–H and O–H groups in total. The summed E-state index contributed by atoms with van der Waals surface area (Å²) in [5.74, 6) is 0.730. The van der Waals surface area contributed by atoms with Gasteiger partial charge in [-0.15, -0.1) is 0 Å². The second-order valence-corrected chi connectivity index (χ2v) is 18.4. The molecule has 16 heteroatoms. The molecule has 0 rings (SSSR count). The van der Waals surface area contributed by atoms with E-state index < -0.39 is 36.0 Å². The van der Waals surface area contributed by atoms with Gasteiger partial charge < -0.3 is 52.1 Å². The Morgan fingerprint density at radius 3 is 0.812 bits per heavy atom. The Morgan fingerprint density at radius 1 is 0.391 bits per heavy atom. The minimum absolute atomic E-state index is 0. The Hall–Kier alpha value is -1.69. The molecular formula is C53H114NNaO14. The van der Waals surface area contributed by atoms with E-state index in [4.69, 9.17) is 31.3 Å². The van der Waals surface area contributed by atoms with Crippen molar-refractivity contribution in [2.45, 2.75) is 240 Å². The van der Waals surface area contributed by atoms with Gasteiger partial charge in [0, 0.05) is 25.9 Å². The minimum atomic E-state index is -0.933. The van der Waals surface area contributed by atoms with E-state index in [2.05, 4.69) is 55.4 Å². The number of nitrogens with two attached hydrogens (primary N) is 1. The number of carbonyl (C=O) groups excluding carboxylic acids is 1. The van der Waals surface area contributed by atoms with Crippen LogP contribution in [0.2, 0.25) is 0 Å². The van der Waals surface area contributed by atoms with Crippen LogP contribution < -0.4 is 35.3 Å². The van der Waals surface area contributed by atoms with Crippen LogP contribution >= 0.6 is 0 Å². The van der Waals surface area contributed by atoms with Gasteiger partial charge in [-0.2, -0.15) is 0 Å². The summed E-state index contributed by atoms with van der Waals surface area (Å²) in [4.78, 5) is 51.2. The molecule has 0 fully saturated rings. The first-order valence-corrected chi connectivity index (χ1v) is 25.5. The van der Waals surface area contributed by atoms with Crippen LogP contribution in [0.3, 0.4) is 0 Å². The van der Waals surface area contributed by atoms with Crippen LogP contribution in [0.5, 0.6) is 0 Å². The van der Waals surface area contributed by atoms with Crippen LogP contribution in [0.4, 0.5) is 0 Å². The molecule has 416 valence electrons. The molecule has 0 spiro atoms. The molecule has 0 aromatic carbocycles. The molecule has 0 bridgehead atoms. The number of carboxylic acid groups (broad SMARTS) is 4. The van der Waals surface area contributed by atoms with Crippen molar-refractivity contribution in [2.75, 3.05) is 7.11 Å². The van der Waals surface area contributed by atoms with Gasteiger partial charge in [-0.1, -0.05) is 184 Å². The van der Waals surface area contributed by atoms with Crippen LogP contribution in [-0.4, -0.2) is 107 Å². The predicted octanol–water partition coefficient (Wildman–Crippen LogP) is 8.15. The van der Waals surface area contributed by atoms with E-state index in [1.54, 1.807) is 13.8 Å². The number of rotatable bonds is 24. The average Bonchev–Trinajstić information content (AvgIpc) is 3.33. The topological polar surface area (TPSA) is 303 Å². The Kier molecular flexibility index (Phi) is 76.9. The summed E-state index contributed by atoms with van der Waals surface area (Å²) in [5, 5.41) is 68.3. The van der Waals surface area contributed by atoms with E-state index in [0.29, 0.717) is 53.6 Å². The van der Waals surface area contributed by atoms with E-state index >= 15 is 0 Å². The first kappa shape index (κ1) is 90.1. The number of aliphatic carboxylic acids is 4. The molecule has 69 heavy (non-hydrogen) atoms. The summed E-state index contributed by atoms with van der Waals surface area (Å²) in [5.41, 5.74) is 5.27. The maximum Gasteiger partial charge on any atom is 1.00 e. The second kappa shape index (κ2) is 58.9. The number of carbonyl (C=O) groups is 5. The third-order valence-electron chi connectivity index (χ3n) is 13.8. The summed E-state index contributed by atoms with van der Waals surface area (Å²) in [7, 11) is 1.00. The monoisotopic (exact) mass is 1010 g/mol. The molecule has 0 aliphatic carbocycles. The summed E-state index contributed by atoms with van der Waals surface area (Å²) in [6, 6.07) is -0.699. The smallest absolute Gasteiger partial charge is 0.870 e. The molecule has 15 atom stereocenters. The van der Waals surface area contributed by atoms with Crippen LogP contribution in [0.15, 0.2) is 0 Å². The van der Waals surface area contributed by atoms with Gasteiger partial charge in [0.25, 0.3) is 0 Å². The number of aliphatic hydroxyl groups is 4. The number of ketones is 1. The van der Waals surface area contributed by atoms with Crippen LogP contribution in [0, 0.1) is 65.1 Å². The fourth-order valence-electron chi connectivity index (χ4n) is 5.45. The minimum Gasteiger partial charge on any atom is -0.870 e. The maximum absolute atomic E-state index is 11.1. The molecule has 0 aromatic rings. The van der Waals surface area contributed by atoms with Gasteiger partial charge in [-0.3, -0.25) is 24.0 Å². The average molecular weight is 1010 g/mol. The zero-order valence-corrected chi connectivity index (χ0v) is 50.6. The van der Waals surface area contributed by atoms with Gasteiger partial charge >= 0.3 is 53.4 Å². The standard InChI is InChI=1S/C9H18O3.2C9H20O.C9H18O.C7H14O2.C6H13NO2.C3H6O2.CH4O.Na.H2O/c1-4-6(2)7(3)8(10)5-9(11)12;3*1-5-7(3)8(4)9(10)6-2;1-4-5(2)6(3)7(8)9;1-3-4(2)5(7)6(8)9;1-2-3(4)5;1-2;;/h6-8,10H,4-5H2,1-3H3,(H,11,12);2*7-10H,5-6H2,1-4H3;7-8H,5-6H2,1-4H3;5-6H,4H2,1-3H3,(H,8,9);4-5H,3,7H2,1-2H3,(H,8,9);2H2,1H3,(H,4,5);2H,1H3;;1H2/q;;;;;;;;+1;/p-1/t6-,7+,8?;7-,8+,9+;7-,8+,9-;7-,8+;5-,6+;4-,5?;;;;/m000000..../s1. The van der Waals surface area contributed by atoms with E-state index in [-0.39, 0.29) is 83.8 Å². The SMILES string of the molecule is CCC(=O)O.CCC(=O)[C@H](C)[C@@H](C)CC.CC[C@@H](O)[C@H](C)[C@@H](C)CC.CC[C@H](C)C(N)C(=O)O.CC[C@H](C)[C@@H](C)C(=O)O.CC[C@H](C)[C@@H](C)C(O)CC(=O)O.CC[C@H](C)[C@@H](C)[C@@H](O)CC.CO.[Na+].[OH-]. The Balaban J connectivity index is -0.0000000734. The molecule has 15 nitrogen and oxygen atoms in total. The van der Waals surface area contributed by atoms with Gasteiger partial charge in [0.2, 0.25) is 0 Å². The van der Waals surface area contributed by atoms with Crippen molar-refractivity contribution in [3.63, 3.8) is 0 Å². The van der Waals surface area contributed by atoms with Crippen LogP contribution in [0.1, 0.15) is 216 Å². The molecule has 0 aliphatic rings. The third-order valence-corrected chi connectivity index (χ3v) is 13.8. The fourth-order valence-corrected chi connectivity index (χ4v) is 5.45. The predicted molar refractivity (Wildman–Crippen MR) is 280 cm³/mol. The molecule has 0 heterocycles. The van der Waals surface area contributed by atoms with Crippen molar-refractivity contribution < 1.29 is 99.9 Å². The maximum atomic E-state index is 11.1. The molecule has 2 unspecified atom stereocenters. The van der Waals surface area contributed by atoms with E-state index in [1.807, 2.05) is 76.2 Å². The van der Waals surface area contributed by atoms with Crippen molar-refractivity contribution in [1.29, 1.82) is 0 Å². The molecule has 0 amide bonds. The van der Waals surface area contributed by atoms with Gasteiger partial charge in [0.15, 0.2) is 0 Å². The Morgan fingerprint density at radius 2 is 0.652 bits per heavy atom. The number of hydrogen-bond donors (Lipinski definition) is 9. The molecule has 0 saturated heterocycles. The van der Waals surface area contributed by atoms with Crippen molar-refractivity contribution in [2.24, 2.45) is 70.8 Å².